The smallest absolute Gasteiger partial charge is 0.119 e. The molecular formula is C21H26N2O. The van der Waals surface area contributed by atoms with Crippen LogP contribution in [0.25, 0.3) is 10.9 Å². The van der Waals surface area contributed by atoms with E-state index in [1.165, 1.54) is 22.2 Å². The van der Waals surface area contributed by atoms with Crippen LogP contribution in [0.15, 0.2) is 54.7 Å². The summed E-state index contributed by atoms with van der Waals surface area (Å²) in [7, 11) is 2.11. The summed E-state index contributed by atoms with van der Waals surface area (Å²) in [5.74, 6) is 0.961. The Morgan fingerprint density at radius 2 is 1.88 bits per heavy atom. The van der Waals surface area contributed by atoms with Crippen molar-refractivity contribution >= 4 is 16.6 Å². The van der Waals surface area contributed by atoms with Gasteiger partial charge in [-0.15, -0.1) is 0 Å². The van der Waals surface area contributed by atoms with Crippen molar-refractivity contribution in [3.05, 3.63) is 60.3 Å². The SMILES string of the molecule is CCCOc1cccc(CN(CC)c2cn(C)c3ccccc23)c1. The van der Waals surface area contributed by atoms with Gasteiger partial charge in [-0.1, -0.05) is 37.3 Å². The lowest BCUT2D eigenvalue weighted by molar-refractivity contribution is 0.317. The van der Waals surface area contributed by atoms with Crippen LogP contribution in [0, 0.1) is 0 Å². The molecule has 1 heterocycles. The molecule has 3 heteroatoms. The third-order valence-corrected chi connectivity index (χ3v) is 4.34. The molecule has 3 nitrogen and oxygen atoms in total. The molecule has 0 saturated carbocycles. The fourth-order valence-corrected chi connectivity index (χ4v) is 3.11. The Kier molecular flexibility index (Phi) is 5.09. The molecule has 0 aliphatic heterocycles. The highest BCUT2D eigenvalue weighted by Gasteiger charge is 2.12. The molecule has 0 N–H and O–H groups in total. The summed E-state index contributed by atoms with van der Waals surface area (Å²) in [6, 6.07) is 17.0. The van der Waals surface area contributed by atoms with Gasteiger partial charge in [0.25, 0.3) is 0 Å². The van der Waals surface area contributed by atoms with Crippen molar-refractivity contribution < 1.29 is 4.74 Å². The minimum Gasteiger partial charge on any atom is -0.494 e. The molecule has 0 aliphatic rings. The van der Waals surface area contributed by atoms with Crippen LogP contribution in [0.2, 0.25) is 0 Å². The molecule has 0 spiro atoms. The van der Waals surface area contributed by atoms with Crippen LogP contribution in [0.5, 0.6) is 5.75 Å². The maximum Gasteiger partial charge on any atom is 0.119 e. The number of nitrogens with zero attached hydrogens (tertiary/aromatic N) is 2. The molecule has 1 aromatic heterocycles. The molecule has 24 heavy (non-hydrogen) atoms. The summed E-state index contributed by atoms with van der Waals surface area (Å²) in [5.41, 5.74) is 3.83. The predicted octanol–water partition coefficient (Wildman–Crippen LogP) is 4.99. The molecule has 0 amide bonds. The van der Waals surface area contributed by atoms with Crippen LogP contribution >= 0.6 is 0 Å². The van der Waals surface area contributed by atoms with Crippen molar-refractivity contribution in [1.29, 1.82) is 0 Å². The highest BCUT2D eigenvalue weighted by atomic mass is 16.5. The zero-order valence-corrected chi connectivity index (χ0v) is 14.8. The van der Waals surface area contributed by atoms with Gasteiger partial charge in [0.15, 0.2) is 0 Å². The van der Waals surface area contributed by atoms with Crippen molar-refractivity contribution in [3.8, 4) is 5.75 Å². The molecule has 3 aromatic rings. The Hall–Kier alpha value is -2.42. The van der Waals surface area contributed by atoms with Crippen LogP contribution in [0.1, 0.15) is 25.8 Å². The maximum atomic E-state index is 5.77. The molecule has 0 radical (unpaired) electrons. The van der Waals surface area contributed by atoms with Gasteiger partial charge in [-0.3, -0.25) is 0 Å². The quantitative estimate of drug-likeness (QED) is 0.609. The monoisotopic (exact) mass is 322 g/mol. The highest BCUT2D eigenvalue weighted by molar-refractivity contribution is 5.93. The summed E-state index contributed by atoms with van der Waals surface area (Å²) in [6.07, 6.45) is 3.26. The molecule has 126 valence electrons. The summed E-state index contributed by atoms with van der Waals surface area (Å²) < 4.78 is 7.97. The molecule has 0 aliphatic carbocycles. The average Bonchev–Trinajstić information content (AvgIpc) is 2.95. The number of fused-ring (bicyclic) bond motifs is 1. The highest BCUT2D eigenvalue weighted by Crippen LogP contribution is 2.29. The van der Waals surface area contributed by atoms with Crippen molar-refractivity contribution in [2.75, 3.05) is 18.1 Å². The van der Waals surface area contributed by atoms with Gasteiger partial charge in [-0.05, 0) is 37.1 Å². The lowest BCUT2D eigenvalue weighted by Crippen LogP contribution is -2.21. The van der Waals surface area contributed by atoms with E-state index in [0.717, 1.165) is 31.9 Å². The van der Waals surface area contributed by atoms with Crippen molar-refractivity contribution in [1.82, 2.24) is 4.57 Å². The van der Waals surface area contributed by atoms with Gasteiger partial charge in [0, 0.05) is 37.2 Å². The lowest BCUT2D eigenvalue weighted by Gasteiger charge is -2.23. The maximum absolute atomic E-state index is 5.77. The van der Waals surface area contributed by atoms with Gasteiger partial charge in [0.1, 0.15) is 5.75 Å². The first-order chi connectivity index (χ1) is 11.7. The summed E-state index contributed by atoms with van der Waals surface area (Å²) in [6.45, 7) is 6.95. The molecule has 0 unspecified atom stereocenters. The summed E-state index contributed by atoms with van der Waals surface area (Å²) in [4.78, 5) is 2.42. The molecule has 0 saturated heterocycles. The molecule has 2 aromatic carbocycles. The Balaban J connectivity index is 1.86. The zero-order valence-electron chi connectivity index (χ0n) is 14.8. The molecule has 0 atom stereocenters. The topological polar surface area (TPSA) is 17.4 Å². The first-order valence-electron chi connectivity index (χ1n) is 8.73. The van der Waals surface area contributed by atoms with Crippen molar-refractivity contribution in [2.45, 2.75) is 26.8 Å². The molecular weight excluding hydrogens is 296 g/mol. The van der Waals surface area contributed by atoms with E-state index in [-0.39, 0.29) is 0 Å². The second-order valence-electron chi connectivity index (χ2n) is 6.15. The zero-order chi connectivity index (χ0) is 16.9. The Labute approximate surface area is 144 Å². The van der Waals surface area contributed by atoms with E-state index >= 15 is 0 Å². The minimum absolute atomic E-state index is 0.768. The number of ether oxygens (including phenoxy) is 1. The van der Waals surface area contributed by atoms with E-state index in [1.807, 2.05) is 6.07 Å². The molecule has 3 rings (SSSR count). The third-order valence-electron chi connectivity index (χ3n) is 4.34. The predicted molar refractivity (Wildman–Crippen MR) is 102 cm³/mol. The fraction of sp³-hybridized carbons (Fsp3) is 0.333. The van der Waals surface area contributed by atoms with Gasteiger partial charge in [-0.2, -0.15) is 0 Å². The number of benzene rings is 2. The van der Waals surface area contributed by atoms with Crippen LogP contribution < -0.4 is 9.64 Å². The van der Waals surface area contributed by atoms with Gasteiger partial charge in [0.05, 0.1) is 12.3 Å². The number of hydrogen-bond acceptors (Lipinski definition) is 2. The third kappa shape index (κ3) is 3.40. The van der Waals surface area contributed by atoms with Crippen LogP contribution in [0.4, 0.5) is 5.69 Å². The second kappa shape index (κ2) is 7.43. The number of aryl methyl sites for hydroxylation is 1. The molecule has 0 fully saturated rings. The molecule has 0 bridgehead atoms. The van der Waals surface area contributed by atoms with Crippen molar-refractivity contribution in [2.24, 2.45) is 7.05 Å². The van der Waals surface area contributed by atoms with Crippen molar-refractivity contribution in [3.63, 3.8) is 0 Å². The van der Waals surface area contributed by atoms with Crippen LogP contribution in [-0.4, -0.2) is 17.7 Å². The fourth-order valence-electron chi connectivity index (χ4n) is 3.11. The number of aromatic nitrogens is 1. The Morgan fingerprint density at radius 3 is 2.67 bits per heavy atom. The Bertz CT molecular complexity index is 806. The standard InChI is InChI=1S/C21H26N2O/c1-4-13-24-18-10-8-9-17(14-18)15-23(5-2)21-16-22(3)20-12-7-6-11-19(20)21/h6-12,14,16H,4-5,13,15H2,1-3H3. The van der Waals surface area contributed by atoms with Gasteiger partial charge >= 0.3 is 0 Å². The number of para-hydroxylation sites is 1. The summed E-state index contributed by atoms with van der Waals surface area (Å²) >= 11 is 0. The average molecular weight is 322 g/mol. The number of rotatable bonds is 7. The van der Waals surface area contributed by atoms with Gasteiger partial charge in [-0.25, -0.2) is 0 Å². The van der Waals surface area contributed by atoms with E-state index in [9.17, 15) is 0 Å². The first-order valence-corrected chi connectivity index (χ1v) is 8.73. The number of anilines is 1. The normalized spacial score (nSPS) is 11.0. The van der Waals surface area contributed by atoms with E-state index in [4.69, 9.17) is 4.74 Å². The van der Waals surface area contributed by atoms with Gasteiger partial charge < -0.3 is 14.2 Å². The minimum atomic E-state index is 0.768. The van der Waals surface area contributed by atoms with Crippen LogP contribution in [0.3, 0.4) is 0 Å². The largest absolute Gasteiger partial charge is 0.494 e. The van der Waals surface area contributed by atoms with Gasteiger partial charge in [0.2, 0.25) is 0 Å². The van der Waals surface area contributed by atoms with E-state index in [0.29, 0.717) is 0 Å². The van der Waals surface area contributed by atoms with Crippen LogP contribution in [-0.2, 0) is 13.6 Å². The van der Waals surface area contributed by atoms with E-state index in [2.05, 4.69) is 79.0 Å². The lowest BCUT2D eigenvalue weighted by atomic mass is 10.1. The second-order valence-corrected chi connectivity index (χ2v) is 6.15. The number of hydrogen-bond donors (Lipinski definition) is 0. The van der Waals surface area contributed by atoms with E-state index in [1.54, 1.807) is 0 Å². The summed E-state index contributed by atoms with van der Waals surface area (Å²) in [5, 5.41) is 1.31. The Morgan fingerprint density at radius 1 is 1.04 bits per heavy atom. The first kappa shape index (κ1) is 16.4. The van der Waals surface area contributed by atoms with E-state index < -0.39 is 0 Å².